The van der Waals surface area contributed by atoms with Crippen LogP contribution in [0.4, 0.5) is 5.82 Å². The van der Waals surface area contributed by atoms with Crippen LogP contribution in [0.1, 0.15) is 19.8 Å². The van der Waals surface area contributed by atoms with Crippen LogP contribution in [-0.2, 0) is 9.53 Å². The molecule has 1 aromatic heterocycles. The summed E-state index contributed by atoms with van der Waals surface area (Å²) in [6.45, 7) is 4.37. The van der Waals surface area contributed by atoms with E-state index in [1.807, 2.05) is 6.07 Å². The van der Waals surface area contributed by atoms with Gasteiger partial charge in [-0.3, -0.25) is 4.79 Å². The predicted molar refractivity (Wildman–Crippen MR) is 75.4 cm³/mol. The maximum atomic E-state index is 11.1. The minimum atomic E-state index is -0.239. The molecule has 0 aliphatic carbocycles. The number of ether oxygens (including phenoxy) is 1. The highest BCUT2D eigenvalue weighted by atomic mass is 32.2. The zero-order chi connectivity index (χ0) is 13.7. The molecule has 1 saturated heterocycles. The van der Waals surface area contributed by atoms with E-state index in [0.717, 1.165) is 29.9 Å². The molecular formula is C13H19N3O2S. The van der Waals surface area contributed by atoms with Crippen molar-refractivity contribution in [1.29, 1.82) is 0 Å². The van der Waals surface area contributed by atoms with E-state index in [1.165, 1.54) is 31.7 Å². The normalized spacial score (nSPS) is 16.4. The highest BCUT2D eigenvalue weighted by Crippen LogP contribution is 2.24. The summed E-state index contributed by atoms with van der Waals surface area (Å²) in [4.78, 5) is 21.9. The molecule has 2 heterocycles. The van der Waals surface area contributed by atoms with Gasteiger partial charge in [0.15, 0.2) is 0 Å². The number of carbonyl (C=O) groups excluding carboxylic acids is 1. The van der Waals surface area contributed by atoms with Gasteiger partial charge in [-0.05, 0) is 18.8 Å². The molecule has 6 heteroatoms. The Hall–Kier alpha value is -1.30. The molecule has 5 nitrogen and oxygen atoms in total. The highest BCUT2D eigenvalue weighted by Gasteiger charge is 2.17. The highest BCUT2D eigenvalue weighted by molar-refractivity contribution is 7.99. The molecule has 0 spiro atoms. The van der Waals surface area contributed by atoms with Crippen molar-refractivity contribution in [2.45, 2.75) is 24.8 Å². The smallest absolute Gasteiger partial charge is 0.316 e. The molecule has 1 aromatic rings. The summed E-state index contributed by atoms with van der Waals surface area (Å²) >= 11 is 1.38. The lowest BCUT2D eigenvalue weighted by atomic mass is 9.99. The molecule has 0 bridgehead atoms. The molecule has 19 heavy (non-hydrogen) atoms. The summed E-state index contributed by atoms with van der Waals surface area (Å²) < 4.78 is 4.62. The van der Waals surface area contributed by atoms with Crippen molar-refractivity contribution in [2.24, 2.45) is 5.92 Å². The fourth-order valence-corrected chi connectivity index (χ4v) is 2.71. The van der Waals surface area contributed by atoms with Gasteiger partial charge in [0, 0.05) is 19.2 Å². The van der Waals surface area contributed by atoms with Crippen molar-refractivity contribution < 1.29 is 9.53 Å². The fourth-order valence-electron chi connectivity index (χ4n) is 2.01. The number of thioether (sulfide) groups is 1. The molecule has 0 N–H and O–H groups in total. The van der Waals surface area contributed by atoms with Crippen molar-refractivity contribution in [3.8, 4) is 0 Å². The van der Waals surface area contributed by atoms with E-state index >= 15 is 0 Å². The van der Waals surface area contributed by atoms with E-state index in [2.05, 4.69) is 26.5 Å². The van der Waals surface area contributed by atoms with Crippen LogP contribution >= 0.6 is 11.8 Å². The number of nitrogens with zero attached hydrogens (tertiary/aromatic N) is 3. The Bertz CT molecular complexity index is 434. The first-order valence-electron chi connectivity index (χ1n) is 6.45. The predicted octanol–water partition coefficient (Wildman–Crippen LogP) is 1.98. The standard InChI is InChI=1S/C13H19N3O2S/c1-10-3-5-16(6-4-10)11-7-12(15-9-14-11)19-8-13(17)18-2/h7,9-10H,3-6,8H2,1-2H3. The second-order valence-corrected chi connectivity index (χ2v) is 5.74. The van der Waals surface area contributed by atoms with Crippen LogP contribution in [0.5, 0.6) is 0 Å². The number of hydrogen-bond donors (Lipinski definition) is 0. The van der Waals surface area contributed by atoms with Crippen molar-refractivity contribution >= 4 is 23.5 Å². The maximum absolute atomic E-state index is 11.1. The third kappa shape index (κ3) is 4.09. The molecule has 1 aliphatic rings. The third-order valence-corrected chi connectivity index (χ3v) is 4.20. The lowest BCUT2D eigenvalue weighted by molar-refractivity contribution is -0.137. The molecule has 0 saturated carbocycles. The number of methoxy groups -OCH3 is 1. The van der Waals surface area contributed by atoms with E-state index in [0.29, 0.717) is 0 Å². The van der Waals surface area contributed by atoms with Gasteiger partial charge in [0.25, 0.3) is 0 Å². The van der Waals surface area contributed by atoms with E-state index in [4.69, 9.17) is 0 Å². The molecule has 0 radical (unpaired) electrons. The van der Waals surface area contributed by atoms with Gasteiger partial charge in [0.1, 0.15) is 17.2 Å². The van der Waals surface area contributed by atoms with Gasteiger partial charge in [-0.2, -0.15) is 0 Å². The quantitative estimate of drug-likeness (QED) is 0.478. The van der Waals surface area contributed by atoms with Crippen LogP contribution in [0.2, 0.25) is 0 Å². The molecular weight excluding hydrogens is 262 g/mol. The number of anilines is 1. The molecule has 1 aliphatic heterocycles. The van der Waals surface area contributed by atoms with Crippen LogP contribution in [0.25, 0.3) is 0 Å². The summed E-state index contributed by atoms with van der Waals surface area (Å²) in [7, 11) is 1.39. The van der Waals surface area contributed by atoms with Crippen LogP contribution in [0, 0.1) is 5.92 Å². The fraction of sp³-hybridized carbons (Fsp3) is 0.615. The summed E-state index contributed by atoms with van der Waals surface area (Å²) in [6, 6.07) is 1.95. The number of aromatic nitrogens is 2. The second kappa shape index (κ2) is 6.75. The minimum absolute atomic E-state index is 0.239. The zero-order valence-corrected chi connectivity index (χ0v) is 12.2. The molecule has 0 aromatic carbocycles. The number of carbonyl (C=O) groups is 1. The molecule has 104 valence electrons. The van der Waals surface area contributed by atoms with Gasteiger partial charge >= 0.3 is 5.97 Å². The molecule has 2 rings (SSSR count). The van der Waals surface area contributed by atoms with Gasteiger partial charge in [-0.1, -0.05) is 18.7 Å². The molecule has 1 fully saturated rings. The van der Waals surface area contributed by atoms with Gasteiger partial charge in [-0.15, -0.1) is 0 Å². The Morgan fingerprint density at radius 1 is 1.47 bits per heavy atom. The zero-order valence-electron chi connectivity index (χ0n) is 11.3. The Morgan fingerprint density at radius 2 is 2.21 bits per heavy atom. The molecule has 0 unspecified atom stereocenters. The van der Waals surface area contributed by atoms with E-state index in [9.17, 15) is 4.79 Å². The van der Waals surface area contributed by atoms with Crippen LogP contribution in [-0.4, -0.2) is 41.9 Å². The lowest BCUT2D eigenvalue weighted by Gasteiger charge is -2.31. The number of piperidine rings is 1. The lowest BCUT2D eigenvalue weighted by Crippen LogP contribution is -2.33. The van der Waals surface area contributed by atoms with Gasteiger partial charge in [0.2, 0.25) is 0 Å². The minimum Gasteiger partial charge on any atom is -0.468 e. The number of rotatable bonds is 4. The summed E-state index contributed by atoms with van der Waals surface area (Å²) in [6.07, 6.45) is 3.97. The Kier molecular flexibility index (Phi) is 5.01. The average molecular weight is 281 g/mol. The SMILES string of the molecule is COC(=O)CSc1cc(N2CCC(C)CC2)ncn1. The van der Waals surface area contributed by atoms with Gasteiger partial charge in [0.05, 0.1) is 12.9 Å². The first kappa shape index (κ1) is 14.1. The largest absolute Gasteiger partial charge is 0.468 e. The average Bonchev–Trinajstić information content (AvgIpc) is 2.46. The van der Waals surface area contributed by atoms with Gasteiger partial charge < -0.3 is 9.64 Å². The van der Waals surface area contributed by atoms with Crippen molar-refractivity contribution in [3.05, 3.63) is 12.4 Å². The topological polar surface area (TPSA) is 55.3 Å². The second-order valence-electron chi connectivity index (χ2n) is 4.75. The Balaban J connectivity index is 1.96. The van der Waals surface area contributed by atoms with Crippen molar-refractivity contribution in [1.82, 2.24) is 9.97 Å². The van der Waals surface area contributed by atoms with Crippen LogP contribution < -0.4 is 4.90 Å². The monoisotopic (exact) mass is 281 g/mol. The Labute approximate surface area is 117 Å². The number of esters is 1. The first-order chi connectivity index (χ1) is 9.19. The summed E-state index contributed by atoms with van der Waals surface area (Å²) in [5, 5.41) is 0.814. The van der Waals surface area contributed by atoms with E-state index in [1.54, 1.807) is 6.33 Å². The van der Waals surface area contributed by atoms with Crippen molar-refractivity contribution in [3.63, 3.8) is 0 Å². The van der Waals surface area contributed by atoms with Crippen LogP contribution in [0.15, 0.2) is 17.4 Å². The number of hydrogen-bond acceptors (Lipinski definition) is 6. The Morgan fingerprint density at radius 3 is 2.89 bits per heavy atom. The maximum Gasteiger partial charge on any atom is 0.316 e. The first-order valence-corrected chi connectivity index (χ1v) is 7.44. The molecule has 0 atom stereocenters. The van der Waals surface area contributed by atoms with E-state index in [-0.39, 0.29) is 11.7 Å². The third-order valence-electron chi connectivity index (χ3n) is 3.30. The van der Waals surface area contributed by atoms with Crippen LogP contribution in [0.3, 0.4) is 0 Å². The van der Waals surface area contributed by atoms with E-state index < -0.39 is 0 Å². The summed E-state index contributed by atoms with van der Waals surface area (Å²) in [5.74, 6) is 1.79. The molecule has 0 amide bonds. The van der Waals surface area contributed by atoms with Gasteiger partial charge in [-0.25, -0.2) is 9.97 Å². The van der Waals surface area contributed by atoms with Crippen molar-refractivity contribution in [2.75, 3.05) is 30.9 Å². The summed E-state index contributed by atoms with van der Waals surface area (Å²) in [5.41, 5.74) is 0.